The van der Waals surface area contributed by atoms with Crippen molar-refractivity contribution in [2.24, 2.45) is 5.41 Å². The van der Waals surface area contributed by atoms with Gasteiger partial charge in [0.1, 0.15) is 5.75 Å². The Bertz CT molecular complexity index is 908. The Morgan fingerprint density at radius 3 is 2.34 bits per heavy atom. The summed E-state index contributed by atoms with van der Waals surface area (Å²) in [6.45, 7) is 25.9. The molecule has 0 amide bonds. The second-order valence-corrected chi connectivity index (χ2v) is 10.4. The van der Waals surface area contributed by atoms with E-state index in [1.807, 2.05) is 19.1 Å². The van der Waals surface area contributed by atoms with Crippen molar-refractivity contribution in [1.29, 1.82) is 0 Å². The van der Waals surface area contributed by atoms with Crippen LogP contribution in [-0.4, -0.2) is 47.1 Å². The highest BCUT2D eigenvalue weighted by atomic mass is 16.3. The molecule has 35 heavy (non-hydrogen) atoms. The van der Waals surface area contributed by atoms with Crippen LogP contribution in [0, 0.1) is 12.3 Å². The molecule has 2 unspecified atom stereocenters. The van der Waals surface area contributed by atoms with Crippen LogP contribution >= 0.6 is 0 Å². The van der Waals surface area contributed by atoms with Crippen LogP contribution in [0.15, 0.2) is 66.6 Å². The molecule has 2 N–H and O–H groups in total. The highest BCUT2D eigenvalue weighted by Crippen LogP contribution is 2.35. The predicted octanol–water partition coefficient (Wildman–Crippen LogP) is 7.65. The fraction of sp³-hybridized carbons (Fsp3) is 0.548. The van der Waals surface area contributed by atoms with Gasteiger partial charge in [-0.3, -0.25) is 4.90 Å². The normalized spacial score (nSPS) is 19.8. The smallest absolute Gasteiger partial charge is 0.118 e. The first-order valence-corrected chi connectivity index (χ1v) is 13.4. The maximum absolute atomic E-state index is 9.52. The van der Waals surface area contributed by atoms with Gasteiger partial charge in [0.2, 0.25) is 0 Å². The molecular formula is C31H49N3O. The molecule has 1 aromatic carbocycles. The zero-order chi connectivity index (χ0) is 26.0. The molecule has 0 radical (unpaired) electrons. The summed E-state index contributed by atoms with van der Waals surface area (Å²) < 4.78 is 0. The van der Waals surface area contributed by atoms with E-state index in [1.165, 1.54) is 30.8 Å². The molecule has 4 heteroatoms. The van der Waals surface area contributed by atoms with Gasteiger partial charge in [-0.2, -0.15) is 0 Å². The number of benzene rings is 1. The molecule has 1 fully saturated rings. The van der Waals surface area contributed by atoms with Crippen LogP contribution in [0.4, 0.5) is 5.69 Å². The summed E-state index contributed by atoms with van der Waals surface area (Å²) in [4.78, 5) is 5.04. The van der Waals surface area contributed by atoms with Crippen LogP contribution in [-0.2, 0) is 0 Å². The first kappa shape index (κ1) is 28.8. The third-order valence-corrected chi connectivity index (χ3v) is 7.69. The Hall–Kier alpha value is -2.46. The van der Waals surface area contributed by atoms with Gasteiger partial charge in [0.15, 0.2) is 0 Å². The SMILES string of the molecule is C=C(CC)N1CCN(C2C=CC=C(C)C2)CC1.C=C(Nc1ccc(O)c(C)c1)C(C)(CC)CCC. The molecular weight excluding hydrogens is 430 g/mol. The van der Waals surface area contributed by atoms with Crippen LogP contribution < -0.4 is 5.32 Å². The van der Waals surface area contributed by atoms with Crippen molar-refractivity contribution in [1.82, 2.24) is 9.80 Å². The van der Waals surface area contributed by atoms with Crippen molar-refractivity contribution < 1.29 is 5.11 Å². The maximum atomic E-state index is 9.52. The van der Waals surface area contributed by atoms with Crippen molar-refractivity contribution >= 4 is 5.69 Å². The van der Waals surface area contributed by atoms with E-state index in [-0.39, 0.29) is 5.41 Å². The summed E-state index contributed by atoms with van der Waals surface area (Å²) in [5.41, 5.74) is 5.84. The molecule has 0 bridgehead atoms. The average Bonchev–Trinajstić information content (AvgIpc) is 2.86. The number of piperazine rings is 1. The third-order valence-electron chi connectivity index (χ3n) is 7.69. The fourth-order valence-corrected chi connectivity index (χ4v) is 4.81. The zero-order valence-corrected chi connectivity index (χ0v) is 23.2. The van der Waals surface area contributed by atoms with Crippen molar-refractivity contribution in [3.63, 3.8) is 0 Å². The van der Waals surface area contributed by atoms with E-state index in [4.69, 9.17) is 0 Å². The lowest BCUT2D eigenvalue weighted by molar-refractivity contribution is 0.131. The maximum Gasteiger partial charge on any atom is 0.118 e. The fourth-order valence-electron chi connectivity index (χ4n) is 4.81. The second-order valence-electron chi connectivity index (χ2n) is 10.4. The minimum Gasteiger partial charge on any atom is -0.508 e. The largest absolute Gasteiger partial charge is 0.508 e. The van der Waals surface area contributed by atoms with E-state index in [0.717, 1.165) is 55.7 Å². The number of hydrogen-bond acceptors (Lipinski definition) is 4. The highest BCUT2D eigenvalue weighted by molar-refractivity contribution is 5.54. The van der Waals surface area contributed by atoms with Crippen LogP contribution in [0.5, 0.6) is 5.75 Å². The number of phenolic OH excluding ortho intramolecular Hbond substituents is 1. The molecule has 2 aliphatic rings. The minimum atomic E-state index is 0.126. The Morgan fingerprint density at radius 2 is 1.80 bits per heavy atom. The van der Waals surface area contributed by atoms with Crippen molar-refractivity contribution in [3.05, 3.63) is 72.1 Å². The predicted molar refractivity (Wildman–Crippen MR) is 153 cm³/mol. The number of phenols is 1. The molecule has 0 spiro atoms. The lowest BCUT2D eigenvalue weighted by Crippen LogP contribution is -2.49. The number of hydrogen-bond donors (Lipinski definition) is 2. The molecule has 0 saturated carbocycles. The Morgan fingerprint density at radius 1 is 1.11 bits per heavy atom. The number of aryl methyl sites for hydroxylation is 1. The summed E-state index contributed by atoms with van der Waals surface area (Å²) in [7, 11) is 0. The lowest BCUT2D eigenvalue weighted by Gasteiger charge is -2.40. The van der Waals surface area contributed by atoms with Gasteiger partial charge in [0.05, 0.1) is 0 Å². The number of aromatic hydroxyl groups is 1. The molecule has 0 aromatic heterocycles. The molecule has 2 atom stereocenters. The van der Waals surface area contributed by atoms with Gasteiger partial charge in [-0.25, -0.2) is 0 Å². The molecule has 3 rings (SSSR count). The Balaban J connectivity index is 0.000000247. The molecule has 194 valence electrons. The third kappa shape index (κ3) is 8.31. The van der Waals surface area contributed by atoms with Crippen LogP contribution in [0.2, 0.25) is 0 Å². The van der Waals surface area contributed by atoms with E-state index < -0.39 is 0 Å². The molecule has 1 aliphatic carbocycles. The summed E-state index contributed by atoms with van der Waals surface area (Å²) in [5, 5.41) is 12.9. The van der Waals surface area contributed by atoms with E-state index in [0.29, 0.717) is 11.8 Å². The number of allylic oxidation sites excluding steroid dienone is 4. The molecule has 1 saturated heterocycles. The van der Waals surface area contributed by atoms with E-state index in [1.54, 1.807) is 6.07 Å². The highest BCUT2D eigenvalue weighted by Gasteiger charge is 2.25. The first-order valence-electron chi connectivity index (χ1n) is 13.4. The molecule has 1 heterocycles. The Labute approximate surface area is 215 Å². The average molecular weight is 480 g/mol. The second kappa shape index (κ2) is 13.6. The van der Waals surface area contributed by atoms with Gasteiger partial charge in [0.25, 0.3) is 0 Å². The van der Waals surface area contributed by atoms with E-state index in [2.05, 4.69) is 81.1 Å². The van der Waals surface area contributed by atoms with Crippen LogP contribution in [0.1, 0.15) is 72.3 Å². The molecule has 1 aromatic rings. The number of anilines is 1. The lowest BCUT2D eigenvalue weighted by atomic mass is 9.80. The minimum absolute atomic E-state index is 0.126. The Kier molecular flexibility index (Phi) is 11.2. The summed E-state index contributed by atoms with van der Waals surface area (Å²) in [6, 6.07) is 6.17. The van der Waals surface area contributed by atoms with Gasteiger partial charge in [-0.05, 0) is 63.3 Å². The van der Waals surface area contributed by atoms with Crippen LogP contribution in [0.3, 0.4) is 0 Å². The van der Waals surface area contributed by atoms with Crippen molar-refractivity contribution in [3.8, 4) is 5.75 Å². The van der Waals surface area contributed by atoms with Gasteiger partial charge in [-0.1, -0.05) is 71.1 Å². The number of rotatable bonds is 9. The van der Waals surface area contributed by atoms with Crippen LogP contribution in [0.25, 0.3) is 0 Å². The summed E-state index contributed by atoms with van der Waals surface area (Å²) in [5.74, 6) is 0.331. The molecule has 1 aliphatic heterocycles. The molecule has 4 nitrogen and oxygen atoms in total. The van der Waals surface area contributed by atoms with Gasteiger partial charge in [0, 0.05) is 54.7 Å². The number of nitrogens with zero attached hydrogens (tertiary/aromatic N) is 2. The summed E-state index contributed by atoms with van der Waals surface area (Å²) >= 11 is 0. The van der Waals surface area contributed by atoms with Crippen molar-refractivity contribution in [2.45, 2.75) is 79.7 Å². The first-order chi connectivity index (χ1) is 16.6. The number of nitrogens with one attached hydrogen (secondary N) is 1. The quantitative estimate of drug-likeness (QED) is 0.357. The van der Waals surface area contributed by atoms with Gasteiger partial charge in [-0.15, -0.1) is 0 Å². The topological polar surface area (TPSA) is 38.7 Å². The van der Waals surface area contributed by atoms with E-state index in [9.17, 15) is 5.11 Å². The van der Waals surface area contributed by atoms with Crippen molar-refractivity contribution in [2.75, 3.05) is 31.5 Å². The standard InChI is InChI=1S/C16H25NO.C15H24N2/c1-6-10-16(5,7-2)13(4)17-14-8-9-15(18)12(3)11-14;1-4-14(3)16-8-10-17(11-9-16)15-7-5-6-13(2)12-15/h8-9,11,17-18H,4,6-7,10H2,1-3,5H3;5-7,15H,3-4,8-12H2,1-2H3. The van der Waals surface area contributed by atoms with Gasteiger partial charge < -0.3 is 15.3 Å². The zero-order valence-electron chi connectivity index (χ0n) is 23.2. The van der Waals surface area contributed by atoms with E-state index >= 15 is 0 Å². The summed E-state index contributed by atoms with van der Waals surface area (Å²) in [6.07, 6.45) is 12.4. The van der Waals surface area contributed by atoms with Gasteiger partial charge >= 0.3 is 0 Å². The monoisotopic (exact) mass is 479 g/mol.